The summed E-state index contributed by atoms with van der Waals surface area (Å²) in [6, 6.07) is 4.12. The standard InChI is InChI=1S/C23H21F2N3O3/c1-27-11-18(28-21(23(27)31)22(30)19(29)10-26-28)20-14-8-6-13(24)9-12(14)5-7-15-16(20)3-2-4-17(15)25/h2-4,6,8-10,15-16,18,20,30H,5,7,11H2,1H3/t15?,16?,18-,20?/m1/s1. The normalized spacial score (nSPS) is 27.1. The molecule has 2 aromatic rings. The number of hydrogen-bond donors (Lipinski definition) is 1. The molecule has 0 bridgehead atoms. The summed E-state index contributed by atoms with van der Waals surface area (Å²) >= 11 is 0. The van der Waals surface area contributed by atoms with Crippen LogP contribution in [0.1, 0.15) is 40.0 Å². The lowest BCUT2D eigenvalue weighted by Crippen LogP contribution is -2.46. The average molecular weight is 425 g/mol. The van der Waals surface area contributed by atoms with Gasteiger partial charge in [-0.25, -0.2) is 8.78 Å². The lowest BCUT2D eigenvalue weighted by Gasteiger charge is -2.41. The maximum atomic E-state index is 14.9. The molecular formula is C23H21F2N3O3. The Morgan fingerprint density at radius 2 is 2.03 bits per heavy atom. The van der Waals surface area contributed by atoms with Gasteiger partial charge >= 0.3 is 0 Å². The van der Waals surface area contributed by atoms with Gasteiger partial charge < -0.3 is 10.0 Å². The summed E-state index contributed by atoms with van der Waals surface area (Å²) < 4.78 is 30.3. The molecule has 0 radical (unpaired) electrons. The number of likely N-dealkylation sites (N-methyl/N-ethyl adjacent to an activating group) is 1. The molecular weight excluding hydrogens is 404 g/mol. The SMILES string of the molecule is CN1C[C@H](C2c3ccc(F)cc3CCC3C(F)=CC=CC32)n2ncc(=O)c(O)c2C1=O. The van der Waals surface area contributed by atoms with Crippen LogP contribution in [0.4, 0.5) is 8.78 Å². The first-order chi connectivity index (χ1) is 14.9. The molecule has 8 heteroatoms. The first-order valence-corrected chi connectivity index (χ1v) is 10.2. The molecule has 4 atom stereocenters. The lowest BCUT2D eigenvalue weighted by molar-refractivity contribution is 0.0659. The molecule has 0 saturated heterocycles. The Kier molecular flexibility index (Phi) is 4.53. The summed E-state index contributed by atoms with van der Waals surface area (Å²) in [4.78, 5) is 26.2. The third-order valence-corrected chi connectivity index (χ3v) is 6.74. The van der Waals surface area contributed by atoms with Gasteiger partial charge in [0.2, 0.25) is 5.43 Å². The molecule has 3 unspecified atom stereocenters. The Morgan fingerprint density at radius 3 is 2.84 bits per heavy atom. The zero-order valence-corrected chi connectivity index (χ0v) is 16.8. The number of rotatable bonds is 1. The van der Waals surface area contributed by atoms with E-state index in [4.69, 9.17) is 0 Å². The monoisotopic (exact) mass is 425 g/mol. The first-order valence-electron chi connectivity index (χ1n) is 10.2. The highest BCUT2D eigenvalue weighted by molar-refractivity contribution is 5.95. The van der Waals surface area contributed by atoms with E-state index in [-0.39, 0.29) is 41.6 Å². The zero-order valence-electron chi connectivity index (χ0n) is 16.8. The molecule has 2 heterocycles. The molecule has 1 N–H and O–H groups in total. The number of aryl methyl sites for hydroxylation is 1. The van der Waals surface area contributed by atoms with Crippen molar-refractivity contribution in [2.75, 3.05) is 13.6 Å². The van der Waals surface area contributed by atoms with E-state index < -0.39 is 23.1 Å². The fourth-order valence-electron chi connectivity index (χ4n) is 5.31. The Hall–Kier alpha value is -3.29. The van der Waals surface area contributed by atoms with Gasteiger partial charge in [0, 0.05) is 25.4 Å². The average Bonchev–Trinajstić information content (AvgIpc) is 2.90. The number of amides is 1. The summed E-state index contributed by atoms with van der Waals surface area (Å²) in [6.45, 7) is 0.255. The molecule has 0 spiro atoms. The predicted octanol–water partition coefficient (Wildman–Crippen LogP) is 3.10. The zero-order chi connectivity index (χ0) is 21.9. The number of nitrogens with zero attached hydrogens (tertiary/aromatic N) is 3. The van der Waals surface area contributed by atoms with Crippen molar-refractivity contribution in [1.82, 2.24) is 14.7 Å². The molecule has 5 rings (SSSR count). The highest BCUT2D eigenvalue weighted by Gasteiger charge is 2.45. The molecule has 6 nitrogen and oxygen atoms in total. The Labute approximate surface area is 177 Å². The number of allylic oxidation sites excluding steroid dienone is 4. The number of benzene rings is 1. The van der Waals surface area contributed by atoms with Crippen LogP contribution in [-0.2, 0) is 6.42 Å². The summed E-state index contributed by atoms with van der Waals surface area (Å²) in [5, 5.41) is 14.5. The fourth-order valence-corrected chi connectivity index (χ4v) is 5.31. The molecule has 0 saturated carbocycles. The minimum Gasteiger partial charge on any atom is -0.502 e. The van der Waals surface area contributed by atoms with Gasteiger partial charge in [-0.3, -0.25) is 14.3 Å². The van der Waals surface area contributed by atoms with E-state index in [1.165, 1.54) is 27.8 Å². The minimum atomic E-state index is -0.735. The van der Waals surface area contributed by atoms with Crippen molar-refractivity contribution in [1.29, 1.82) is 0 Å². The highest BCUT2D eigenvalue weighted by atomic mass is 19.1. The van der Waals surface area contributed by atoms with E-state index in [1.54, 1.807) is 19.2 Å². The number of carbonyl (C=O) groups excluding carboxylic acids is 1. The molecule has 2 aliphatic carbocycles. The van der Waals surface area contributed by atoms with Crippen LogP contribution in [0, 0.1) is 17.7 Å². The molecule has 3 aliphatic rings. The van der Waals surface area contributed by atoms with E-state index in [0.717, 1.165) is 17.3 Å². The van der Waals surface area contributed by atoms with Gasteiger partial charge in [0.15, 0.2) is 11.4 Å². The van der Waals surface area contributed by atoms with Crippen LogP contribution in [0.2, 0.25) is 0 Å². The molecule has 0 fully saturated rings. The van der Waals surface area contributed by atoms with Gasteiger partial charge in [0.1, 0.15) is 11.6 Å². The topological polar surface area (TPSA) is 75.4 Å². The van der Waals surface area contributed by atoms with Gasteiger partial charge in [0.05, 0.1) is 12.2 Å². The Morgan fingerprint density at radius 1 is 1.23 bits per heavy atom. The van der Waals surface area contributed by atoms with Crippen molar-refractivity contribution in [2.45, 2.75) is 24.8 Å². The van der Waals surface area contributed by atoms with Crippen LogP contribution in [0.3, 0.4) is 0 Å². The summed E-state index contributed by atoms with van der Waals surface area (Å²) in [7, 11) is 1.59. The lowest BCUT2D eigenvalue weighted by atomic mass is 9.72. The third kappa shape index (κ3) is 3.00. The molecule has 160 valence electrons. The summed E-state index contributed by atoms with van der Waals surface area (Å²) in [6.07, 6.45) is 7.14. The smallest absolute Gasteiger partial charge is 0.275 e. The summed E-state index contributed by atoms with van der Waals surface area (Å²) in [5.74, 6) is -2.71. The van der Waals surface area contributed by atoms with Crippen LogP contribution >= 0.6 is 0 Å². The van der Waals surface area contributed by atoms with Crippen molar-refractivity contribution >= 4 is 5.91 Å². The second-order valence-corrected chi connectivity index (χ2v) is 8.43. The summed E-state index contributed by atoms with van der Waals surface area (Å²) in [5.41, 5.74) is 0.756. The van der Waals surface area contributed by atoms with Gasteiger partial charge in [0.25, 0.3) is 5.91 Å². The van der Waals surface area contributed by atoms with Crippen molar-refractivity contribution in [3.63, 3.8) is 0 Å². The van der Waals surface area contributed by atoms with E-state index in [0.29, 0.717) is 12.8 Å². The van der Waals surface area contributed by atoms with Gasteiger partial charge in [-0.2, -0.15) is 5.10 Å². The molecule has 1 aliphatic heterocycles. The number of fused-ring (bicyclic) bond motifs is 3. The van der Waals surface area contributed by atoms with Gasteiger partial charge in [-0.1, -0.05) is 18.2 Å². The third-order valence-electron chi connectivity index (χ3n) is 6.74. The van der Waals surface area contributed by atoms with Gasteiger partial charge in [-0.05, 0) is 48.1 Å². The molecule has 1 aromatic heterocycles. The Balaban J connectivity index is 1.74. The van der Waals surface area contributed by atoms with Crippen LogP contribution in [0.15, 0.2) is 53.2 Å². The number of carbonyl (C=O) groups is 1. The van der Waals surface area contributed by atoms with Crippen molar-refractivity contribution in [2.24, 2.45) is 11.8 Å². The van der Waals surface area contributed by atoms with Crippen molar-refractivity contribution in [3.8, 4) is 5.75 Å². The fraction of sp³-hybridized carbons (Fsp3) is 0.348. The van der Waals surface area contributed by atoms with Crippen LogP contribution in [-0.4, -0.2) is 39.3 Å². The number of halogens is 2. The molecule has 1 amide bonds. The number of hydrogen-bond acceptors (Lipinski definition) is 4. The first kappa shape index (κ1) is 19.7. The maximum Gasteiger partial charge on any atom is 0.275 e. The second kappa shape index (κ2) is 7.14. The molecule has 1 aromatic carbocycles. The predicted molar refractivity (Wildman–Crippen MR) is 109 cm³/mol. The largest absolute Gasteiger partial charge is 0.502 e. The van der Waals surface area contributed by atoms with E-state index in [2.05, 4.69) is 5.10 Å². The minimum absolute atomic E-state index is 0.175. The van der Waals surface area contributed by atoms with Crippen LogP contribution < -0.4 is 5.43 Å². The van der Waals surface area contributed by atoms with Crippen molar-refractivity contribution in [3.05, 3.63) is 81.3 Å². The molecule has 31 heavy (non-hydrogen) atoms. The number of aromatic hydroxyl groups is 1. The van der Waals surface area contributed by atoms with E-state index >= 15 is 0 Å². The van der Waals surface area contributed by atoms with E-state index in [1.807, 2.05) is 6.08 Å². The quantitative estimate of drug-likeness (QED) is 0.762. The van der Waals surface area contributed by atoms with Crippen LogP contribution in [0.5, 0.6) is 5.75 Å². The van der Waals surface area contributed by atoms with E-state index in [9.17, 15) is 23.5 Å². The second-order valence-electron chi connectivity index (χ2n) is 8.43. The van der Waals surface area contributed by atoms with Crippen molar-refractivity contribution < 1.29 is 18.7 Å². The van der Waals surface area contributed by atoms with Gasteiger partial charge in [-0.15, -0.1) is 0 Å². The maximum absolute atomic E-state index is 14.9. The van der Waals surface area contributed by atoms with Crippen LogP contribution in [0.25, 0.3) is 0 Å². The Bertz CT molecular complexity index is 1200. The number of aromatic nitrogens is 2. The highest BCUT2D eigenvalue weighted by Crippen LogP contribution is 2.50.